The molecule has 0 aliphatic heterocycles. The van der Waals surface area contributed by atoms with E-state index in [0.717, 1.165) is 6.07 Å². The quantitative estimate of drug-likeness (QED) is 0.406. The zero-order valence-electron chi connectivity index (χ0n) is 19.7. The van der Waals surface area contributed by atoms with E-state index in [1.165, 1.54) is 10.7 Å². The van der Waals surface area contributed by atoms with Gasteiger partial charge < -0.3 is 9.52 Å². The van der Waals surface area contributed by atoms with Crippen LogP contribution < -0.4 is 4.72 Å². The highest BCUT2D eigenvalue weighted by Crippen LogP contribution is 2.40. The van der Waals surface area contributed by atoms with Gasteiger partial charge >= 0.3 is 6.01 Å². The van der Waals surface area contributed by atoms with Gasteiger partial charge in [-0.15, -0.1) is 10.2 Å². The Morgan fingerprint density at radius 1 is 1.06 bits per heavy atom. The highest BCUT2D eigenvalue weighted by atomic mass is 35.5. The van der Waals surface area contributed by atoms with Crippen LogP contribution in [0.5, 0.6) is 5.75 Å². The van der Waals surface area contributed by atoms with Crippen molar-refractivity contribution < 1.29 is 17.9 Å². The average molecular weight is 530 g/mol. The molecule has 1 aromatic carbocycles. The first-order valence-electron chi connectivity index (χ1n) is 10.0. The second-order valence-corrected chi connectivity index (χ2v) is 12.1. The summed E-state index contributed by atoms with van der Waals surface area (Å²) in [6.07, 6.45) is 0. The van der Waals surface area contributed by atoms with E-state index in [2.05, 4.69) is 30.2 Å². The summed E-state index contributed by atoms with van der Waals surface area (Å²) < 4.78 is 35.5. The molecule has 0 amide bonds. The maximum Gasteiger partial charge on any atom is 0.361 e. The van der Waals surface area contributed by atoms with Gasteiger partial charge in [0.15, 0.2) is 17.3 Å². The van der Waals surface area contributed by atoms with E-state index in [-0.39, 0.29) is 33.0 Å². The van der Waals surface area contributed by atoms with Crippen LogP contribution in [0.2, 0.25) is 10.0 Å². The Morgan fingerprint density at radius 3 is 2.26 bits per heavy atom. The molecular formula is C20H25Cl2N7O4S. The van der Waals surface area contributed by atoms with Crippen LogP contribution >= 0.6 is 23.2 Å². The topological polar surface area (TPSA) is 148 Å². The molecule has 0 aliphatic rings. The van der Waals surface area contributed by atoms with Gasteiger partial charge in [0.2, 0.25) is 5.89 Å². The van der Waals surface area contributed by atoms with E-state index in [0.29, 0.717) is 11.6 Å². The van der Waals surface area contributed by atoms with E-state index < -0.39 is 26.1 Å². The Labute approximate surface area is 207 Å². The fourth-order valence-corrected chi connectivity index (χ4v) is 4.66. The Bertz CT molecular complexity index is 1370. The predicted molar refractivity (Wildman–Crippen MR) is 128 cm³/mol. The summed E-state index contributed by atoms with van der Waals surface area (Å²) >= 11 is 11.9. The summed E-state index contributed by atoms with van der Waals surface area (Å²) in [7, 11) is -2.80. The number of aromatic nitrogens is 4. The van der Waals surface area contributed by atoms with Crippen LogP contribution in [0.4, 0.5) is 17.5 Å². The van der Waals surface area contributed by atoms with Crippen LogP contribution in [0, 0.1) is 0 Å². The summed E-state index contributed by atoms with van der Waals surface area (Å²) in [5, 5.41) is 30.5. The number of hydrogen-bond donors (Lipinski definition) is 2. The number of benzene rings is 1. The maximum absolute atomic E-state index is 13.1. The lowest BCUT2D eigenvalue weighted by molar-refractivity contribution is 0.397. The molecule has 34 heavy (non-hydrogen) atoms. The fourth-order valence-electron chi connectivity index (χ4n) is 2.81. The van der Waals surface area contributed by atoms with Gasteiger partial charge in [-0.2, -0.15) is 5.10 Å². The first-order chi connectivity index (χ1) is 15.5. The van der Waals surface area contributed by atoms with Crippen LogP contribution in [0.3, 0.4) is 0 Å². The second-order valence-electron chi connectivity index (χ2n) is 9.60. The number of anilines is 1. The van der Waals surface area contributed by atoms with Crippen molar-refractivity contribution in [1.29, 1.82) is 0 Å². The molecule has 3 rings (SSSR count). The molecule has 0 aliphatic carbocycles. The summed E-state index contributed by atoms with van der Waals surface area (Å²) in [5.74, 6) is -0.266. The molecule has 2 aromatic heterocycles. The van der Waals surface area contributed by atoms with Gasteiger partial charge in [0.25, 0.3) is 10.0 Å². The van der Waals surface area contributed by atoms with Gasteiger partial charge in [0.1, 0.15) is 4.90 Å². The van der Waals surface area contributed by atoms with Gasteiger partial charge in [-0.3, -0.25) is 4.72 Å². The third kappa shape index (κ3) is 5.34. The Hall–Kier alpha value is -2.70. The highest BCUT2D eigenvalue weighted by molar-refractivity contribution is 7.92. The van der Waals surface area contributed by atoms with Gasteiger partial charge in [0.05, 0.1) is 10.7 Å². The van der Waals surface area contributed by atoms with Crippen LogP contribution in [0.15, 0.2) is 31.7 Å². The number of nitrogens with zero attached hydrogens (tertiary/aromatic N) is 6. The number of nitrogens with one attached hydrogen (secondary N) is 1. The number of phenols is 1. The molecular weight excluding hydrogens is 505 g/mol. The minimum atomic E-state index is -4.35. The standard InChI is InChI=1S/C20H25Cl2N7O4S/c1-19(2,3)15-13(23-25-18-26-24-17(33-18)20(4,5)6)16(29(7)27-15)28-34(31,32)12-9-10(21)8-11(22)14(12)30/h8-9,28,30H,1-7H3. The monoisotopic (exact) mass is 529 g/mol. The smallest absolute Gasteiger partial charge is 0.361 e. The molecule has 0 fully saturated rings. The van der Waals surface area contributed by atoms with Crippen LogP contribution in [0.25, 0.3) is 0 Å². The van der Waals surface area contributed by atoms with E-state index in [1.54, 1.807) is 7.05 Å². The molecule has 0 unspecified atom stereocenters. The van der Waals surface area contributed by atoms with E-state index in [1.807, 2.05) is 41.5 Å². The molecule has 2 N–H and O–H groups in total. The van der Waals surface area contributed by atoms with Crippen LogP contribution in [0.1, 0.15) is 53.1 Å². The number of hydrogen-bond acceptors (Lipinski definition) is 9. The normalized spacial score (nSPS) is 13.1. The number of azo groups is 1. The number of sulfonamides is 1. The van der Waals surface area contributed by atoms with Crippen molar-refractivity contribution >= 4 is 50.7 Å². The number of phenolic OH excluding ortho intramolecular Hbond substituents is 1. The third-order valence-corrected chi connectivity index (χ3v) is 6.40. The summed E-state index contributed by atoms with van der Waals surface area (Å²) in [4.78, 5) is -0.502. The molecule has 0 radical (unpaired) electrons. The first-order valence-corrected chi connectivity index (χ1v) is 12.3. The lowest BCUT2D eigenvalue weighted by Gasteiger charge is -2.15. The van der Waals surface area contributed by atoms with Gasteiger partial charge in [-0.1, -0.05) is 75.0 Å². The van der Waals surface area contributed by atoms with Gasteiger partial charge in [-0.05, 0) is 12.1 Å². The van der Waals surface area contributed by atoms with Crippen molar-refractivity contribution in [3.8, 4) is 5.75 Å². The van der Waals surface area contributed by atoms with Crippen LogP contribution in [-0.2, 0) is 27.9 Å². The van der Waals surface area contributed by atoms with Gasteiger partial charge in [0, 0.05) is 22.9 Å². The maximum atomic E-state index is 13.1. The van der Waals surface area contributed by atoms with Crippen molar-refractivity contribution in [2.24, 2.45) is 17.3 Å². The molecule has 3 aromatic rings. The van der Waals surface area contributed by atoms with E-state index in [4.69, 9.17) is 27.6 Å². The predicted octanol–water partition coefficient (Wildman–Crippen LogP) is 5.63. The van der Waals surface area contributed by atoms with E-state index in [9.17, 15) is 13.5 Å². The first kappa shape index (κ1) is 25.9. The summed E-state index contributed by atoms with van der Waals surface area (Å²) in [6, 6.07) is 2.22. The SMILES string of the molecule is Cn1nc(C(C)(C)C)c(N=Nc2nnc(C(C)(C)C)o2)c1NS(=O)(=O)c1cc(Cl)cc(Cl)c1O. The molecule has 0 saturated heterocycles. The van der Waals surface area contributed by atoms with Crippen LogP contribution in [-0.4, -0.2) is 33.5 Å². The molecule has 0 atom stereocenters. The average Bonchev–Trinajstić information content (AvgIpc) is 3.28. The largest absolute Gasteiger partial charge is 0.505 e. The Kier molecular flexibility index (Phi) is 6.72. The van der Waals surface area contributed by atoms with Crippen molar-refractivity contribution in [3.63, 3.8) is 0 Å². The van der Waals surface area contributed by atoms with E-state index >= 15 is 0 Å². The lowest BCUT2D eigenvalue weighted by Crippen LogP contribution is -2.16. The number of aryl methyl sites for hydroxylation is 1. The van der Waals surface area contributed by atoms with Gasteiger partial charge in [-0.25, -0.2) is 13.1 Å². The minimum Gasteiger partial charge on any atom is -0.505 e. The molecule has 11 nitrogen and oxygen atoms in total. The summed E-state index contributed by atoms with van der Waals surface area (Å²) in [5.41, 5.74) is -0.308. The fraction of sp³-hybridized carbons (Fsp3) is 0.450. The van der Waals surface area contributed by atoms with Crippen molar-refractivity contribution in [2.75, 3.05) is 4.72 Å². The zero-order valence-corrected chi connectivity index (χ0v) is 22.0. The Balaban J connectivity index is 2.10. The molecule has 184 valence electrons. The summed E-state index contributed by atoms with van der Waals surface area (Å²) in [6.45, 7) is 11.4. The zero-order chi connectivity index (χ0) is 25.6. The molecule has 0 bridgehead atoms. The third-order valence-electron chi connectivity index (χ3n) is 4.54. The lowest BCUT2D eigenvalue weighted by atomic mass is 9.91. The Morgan fingerprint density at radius 2 is 1.71 bits per heavy atom. The number of aromatic hydroxyl groups is 1. The molecule has 0 saturated carbocycles. The van der Waals surface area contributed by atoms with Crippen molar-refractivity contribution in [2.45, 2.75) is 57.3 Å². The highest BCUT2D eigenvalue weighted by Gasteiger charge is 2.31. The van der Waals surface area contributed by atoms with Crippen molar-refractivity contribution in [1.82, 2.24) is 20.0 Å². The van der Waals surface area contributed by atoms with Crippen molar-refractivity contribution in [3.05, 3.63) is 33.8 Å². The molecule has 0 spiro atoms. The number of halogens is 2. The minimum absolute atomic E-state index is 0.000247. The molecule has 14 heteroatoms. The molecule has 2 heterocycles. The second kappa shape index (κ2) is 8.82. The number of rotatable bonds is 5.